The molecule has 0 spiro atoms. The highest BCUT2D eigenvalue weighted by Crippen LogP contribution is 2.38. The van der Waals surface area contributed by atoms with Crippen LogP contribution in [0.3, 0.4) is 0 Å². The molecule has 1 amide bonds. The highest BCUT2D eigenvalue weighted by molar-refractivity contribution is 6.16. The maximum atomic E-state index is 13.7. The van der Waals surface area contributed by atoms with Gasteiger partial charge in [0.25, 0.3) is 5.91 Å². The van der Waals surface area contributed by atoms with Crippen LogP contribution in [-0.2, 0) is 14.3 Å². The van der Waals surface area contributed by atoms with Gasteiger partial charge >= 0.3 is 5.97 Å². The summed E-state index contributed by atoms with van der Waals surface area (Å²) in [5, 5.41) is 0. The topological polar surface area (TPSA) is 51.5 Å². The smallest absolute Gasteiger partial charge is 0.340 e. The summed E-state index contributed by atoms with van der Waals surface area (Å²) in [6.07, 6.45) is 1.82. The number of esters is 1. The molecule has 0 aliphatic carbocycles. The Balaban J connectivity index is 1.82. The van der Waals surface area contributed by atoms with Crippen molar-refractivity contribution in [2.45, 2.75) is 40.7 Å². The average molecular weight is 455 g/mol. The van der Waals surface area contributed by atoms with Crippen LogP contribution >= 0.6 is 0 Å². The van der Waals surface area contributed by atoms with Gasteiger partial charge in [-0.25, -0.2) is 4.79 Å². The van der Waals surface area contributed by atoms with E-state index in [4.69, 9.17) is 4.74 Å². The predicted octanol–water partition coefficient (Wildman–Crippen LogP) is 5.84. The zero-order valence-corrected chi connectivity index (χ0v) is 20.5. The number of allylic oxidation sites excluding steroid dienone is 1. The molecule has 1 atom stereocenters. The monoisotopic (exact) mass is 454 g/mol. The minimum atomic E-state index is -0.507. The normalized spacial score (nSPS) is 15.9. The summed E-state index contributed by atoms with van der Waals surface area (Å²) in [6.45, 7) is 9.91. The summed E-state index contributed by atoms with van der Waals surface area (Å²) in [5.41, 5.74) is 7.46. The Morgan fingerprint density at radius 3 is 2.32 bits per heavy atom. The van der Waals surface area contributed by atoms with Crippen LogP contribution < -0.4 is 0 Å². The minimum absolute atomic E-state index is 0.199. The fraction of sp³-hybridized carbons (Fsp3) is 0.241. The van der Waals surface area contributed by atoms with E-state index in [1.54, 1.807) is 11.8 Å². The molecule has 34 heavy (non-hydrogen) atoms. The van der Waals surface area contributed by atoms with E-state index in [1.165, 1.54) is 12.7 Å². The Labute approximate surface area is 201 Å². The summed E-state index contributed by atoms with van der Waals surface area (Å²) in [4.78, 5) is 28.2. The van der Waals surface area contributed by atoms with E-state index >= 15 is 0 Å². The molecule has 1 aliphatic heterocycles. The number of carbonyl (C=O) groups excluding carboxylic acids is 2. The summed E-state index contributed by atoms with van der Waals surface area (Å²) < 4.78 is 7.24. The molecular formula is C29H30N2O3. The van der Waals surface area contributed by atoms with Crippen molar-refractivity contribution in [3.63, 3.8) is 0 Å². The fourth-order valence-electron chi connectivity index (χ4n) is 4.80. The number of nitrogens with zero attached hydrogens (tertiary/aromatic N) is 2. The summed E-state index contributed by atoms with van der Waals surface area (Å²) in [6, 6.07) is 19.9. The number of amides is 1. The summed E-state index contributed by atoms with van der Waals surface area (Å²) in [7, 11) is 1.34. The van der Waals surface area contributed by atoms with Crippen LogP contribution in [0.15, 0.2) is 77.5 Å². The number of carbonyl (C=O) groups is 2. The van der Waals surface area contributed by atoms with E-state index in [1.807, 2.05) is 69.3 Å². The molecule has 5 heteroatoms. The number of ether oxygens (including phenoxy) is 1. The summed E-state index contributed by atoms with van der Waals surface area (Å²) >= 11 is 0. The third-order valence-corrected chi connectivity index (χ3v) is 6.53. The van der Waals surface area contributed by atoms with Crippen LogP contribution in [0.5, 0.6) is 0 Å². The number of benzene rings is 2. The van der Waals surface area contributed by atoms with Crippen LogP contribution in [0.4, 0.5) is 0 Å². The molecular weight excluding hydrogens is 424 g/mol. The average Bonchev–Trinajstić information content (AvgIpc) is 3.24. The number of aromatic nitrogens is 1. The zero-order chi connectivity index (χ0) is 24.6. The predicted molar refractivity (Wildman–Crippen MR) is 134 cm³/mol. The third-order valence-electron chi connectivity index (χ3n) is 6.53. The Morgan fingerprint density at radius 2 is 1.68 bits per heavy atom. The highest BCUT2D eigenvalue weighted by atomic mass is 16.5. The number of hydrogen-bond acceptors (Lipinski definition) is 3. The highest BCUT2D eigenvalue weighted by Gasteiger charge is 2.39. The third kappa shape index (κ3) is 3.98. The van der Waals surface area contributed by atoms with Gasteiger partial charge in [0.05, 0.1) is 24.3 Å². The lowest BCUT2D eigenvalue weighted by Gasteiger charge is -2.26. The molecule has 4 rings (SSSR count). The summed E-state index contributed by atoms with van der Waals surface area (Å²) in [5.74, 6) is -0.707. The van der Waals surface area contributed by atoms with Crippen molar-refractivity contribution in [1.29, 1.82) is 0 Å². The molecule has 1 aromatic heterocycles. The van der Waals surface area contributed by atoms with E-state index in [9.17, 15) is 9.59 Å². The molecule has 0 fully saturated rings. The van der Waals surface area contributed by atoms with Crippen molar-refractivity contribution in [3.8, 4) is 5.69 Å². The Kier molecular flexibility index (Phi) is 6.29. The van der Waals surface area contributed by atoms with Crippen molar-refractivity contribution in [2.75, 3.05) is 7.11 Å². The first-order chi connectivity index (χ1) is 16.2. The van der Waals surface area contributed by atoms with E-state index in [0.717, 1.165) is 28.2 Å². The van der Waals surface area contributed by atoms with Crippen molar-refractivity contribution in [1.82, 2.24) is 9.47 Å². The van der Waals surface area contributed by atoms with Crippen LogP contribution in [0.1, 0.15) is 48.0 Å². The fourth-order valence-corrected chi connectivity index (χ4v) is 4.80. The van der Waals surface area contributed by atoms with E-state index in [0.29, 0.717) is 16.8 Å². The van der Waals surface area contributed by atoms with Gasteiger partial charge in [-0.2, -0.15) is 0 Å². The second-order valence-corrected chi connectivity index (χ2v) is 8.77. The maximum Gasteiger partial charge on any atom is 0.340 e. The van der Waals surface area contributed by atoms with Crippen molar-refractivity contribution >= 4 is 18.0 Å². The van der Waals surface area contributed by atoms with Gasteiger partial charge in [-0.1, -0.05) is 42.5 Å². The van der Waals surface area contributed by atoms with Gasteiger partial charge < -0.3 is 14.2 Å². The number of aryl methyl sites for hydroxylation is 2. The maximum absolute atomic E-state index is 13.7. The standard InChI is InChI=1S/C29H30N2O3/c1-18-11-10-14-25(15-18)30-19(2)16-24(21(30)4)17-26-27(29(33)34-6)22(5)31(28(26)32)20(3)23-12-8-7-9-13-23/h7-17,20H,1-6H3/b26-17-/t20-/m0/s1. The molecule has 0 unspecified atom stereocenters. The first-order valence-corrected chi connectivity index (χ1v) is 11.4. The number of hydrogen-bond donors (Lipinski definition) is 0. The van der Waals surface area contributed by atoms with Crippen LogP contribution in [0.25, 0.3) is 11.8 Å². The van der Waals surface area contributed by atoms with Crippen molar-refractivity contribution in [2.24, 2.45) is 0 Å². The van der Waals surface area contributed by atoms with Gasteiger partial charge in [-0.05, 0) is 75.6 Å². The second kappa shape index (κ2) is 9.18. The first-order valence-electron chi connectivity index (χ1n) is 11.4. The van der Waals surface area contributed by atoms with Gasteiger partial charge in [-0.3, -0.25) is 4.79 Å². The Bertz CT molecular complexity index is 1330. The van der Waals surface area contributed by atoms with Gasteiger partial charge in [0.2, 0.25) is 0 Å². The van der Waals surface area contributed by atoms with Gasteiger partial charge in [0, 0.05) is 22.8 Å². The van der Waals surface area contributed by atoms with Gasteiger partial charge in [-0.15, -0.1) is 0 Å². The molecule has 5 nitrogen and oxygen atoms in total. The SMILES string of the molecule is COC(=O)C1=C(C)N([C@@H](C)c2ccccc2)C(=O)/C1=C\c1cc(C)n(-c2cccc(C)c2)c1C. The van der Waals surface area contributed by atoms with Crippen LogP contribution in [0, 0.1) is 20.8 Å². The largest absolute Gasteiger partial charge is 0.465 e. The van der Waals surface area contributed by atoms with E-state index in [2.05, 4.69) is 29.7 Å². The minimum Gasteiger partial charge on any atom is -0.465 e. The molecule has 0 saturated heterocycles. The van der Waals surface area contributed by atoms with Crippen LogP contribution in [-0.4, -0.2) is 28.5 Å². The van der Waals surface area contributed by atoms with Crippen molar-refractivity contribution < 1.29 is 14.3 Å². The van der Waals surface area contributed by atoms with Crippen molar-refractivity contribution in [3.05, 3.63) is 106 Å². The van der Waals surface area contributed by atoms with E-state index in [-0.39, 0.29) is 11.9 Å². The molecule has 0 saturated carbocycles. The molecule has 0 radical (unpaired) electrons. The zero-order valence-electron chi connectivity index (χ0n) is 20.5. The van der Waals surface area contributed by atoms with E-state index < -0.39 is 5.97 Å². The number of methoxy groups -OCH3 is 1. The van der Waals surface area contributed by atoms with Gasteiger partial charge in [0.1, 0.15) is 0 Å². The first kappa shape index (κ1) is 23.3. The Morgan fingerprint density at radius 1 is 0.971 bits per heavy atom. The molecule has 174 valence electrons. The quantitative estimate of drug-likeness (QED) is 0.360. The lowest BCUT2D eigenvalue weighted by Crippen LogP contribution is -2.28. The molecule has 0 bridgehead atoms. The second-order valence-electron chi connectivity index (χ2n) is 8.77. The molecule has 2 aromatic carbocycles. The lowest BCUT2D eigenvalue weighted by atomic mass is 10.0. The van der Waals surface area contributed by atoms with Crippen LogP contribution in [0.2, 0.25) is 0 Å². The molecule has 1 aliphatic rings. The molecule has 2 heterocycles. The lowest BCUT2D eigenvalue weighted by molar-refractivity contribution is -0.136. The molecule has 0 N–H and O–H groups in total. The van der Waals surface area contributed by atoms with Gasteiger partial charge in [0.15, 0.2) is 0 Å². The molecule has 3 aromatic rings. The number of rotatable bonds is 5. The Hall–Kier alpha value is -3.86.